The molecule has 4 heterocycles. The number of rotatable bonds is 6. The predicted octanol–water partition coefficient (Wildman–Crippen LogP) is 4.03. The maximum atomic E-state index is 13.5. The van der Waals surface area contributed by atoms with E-state index in [1.807, 2.05) is 65.1 Å². The maximum absolute atomic E-state index is 13.5. The summed E-state index contributed by atoms with van der Waals surface area (Å²) in [6.45, 7) is 1.51. The number of nitrogens with zero attached hydrogens (tertiary/aromatic N) is 2. The summed E-state index contributed by atoms with van der Waals surface area (Å²) in [6.07, 6.45) is 6.70. The van der Waals surface area contributed by atoms with Crippen molar-refractivity contribution in [1.82, 2.24) is 9.47 Å². The third-order valence-corrected chi connectivity index (χ3v) is 8.54. The molecule has 0 aliphatic carbocycles. The van der Waals surface area contributed by atoms with Crippen LogP contribution in [0.1, 0.15) is 39.2 Å². The average molecular weight is 467 g/mol. The van der Waals surface area contributed by atoms with Crippen LogP contribution in [0.4, 0.5) is 5.69 Å². The van der Waals surface area contributed by atoms with Crippen molar-refractivity contribution in [1.29, 1.82) is 0 Å². The summed E-state index contributed by atoms with van der Waals surface area (Å²) >= 11 is 3.64. The van der Waals surface area contributed by atoms with Crippen LogP contribution in [-0.4, -0.2) is 39.6 Å². The van der Waals surface area contributed by atoms with E-state index < -0.39 is 0 Å². The van der Waals surface area contributed by atoms with Crippen molar-refractivity contribution in [3.63, 3.8) is 0 Å². The number of hydrogen-bond acceptors (Lipinski definition) is 5. The van der Waals surface area contributed by atoms with Gasteiger partial charge in [0.25, 0.3) is 5.91 Å². The largest absolute Gasteiger partial charge is 0.368 e. The summed E-state index contributed by atoms with van der Waals surface area (Å²) in [4.78, 5) is 28.6. The molecule has 1 aromatic carbocycles. The SMILES string of the molecule is NC(=O)C1CCCN1Cc1cccc(NC(=O)c2c(-n3cccc3)sc3c2CCSC3)c1. The molecule has 3 N–H and O–H groups in total. The molecule has 32 heavy (non-hydrogen) atoms. The number of aromatic nitrogens is 1. The van der Waals surface area contributed by atoms with E-state index in [2.05, 4.69) is 10.2 Å². The number of carbonyl (C=O) groups excluding carboxylic acids is 2. The van der Waals surface area contributed by atoms with Gasteiger partial charge in [0.05, 0.1) is 11.6 Å². The molecule has 2 aromatic heterocycles. The van der Waals surface area contributed by atoms with Crippen LogP contribution >= 0.6 is 23.1 Å². The fourth-order valence-electron chi connectivity index (χ4n) is 4.62. The van der Waals surface area contributed by atoms with Gasteiger partial charge < -0.3 is 15.6 Å². The number of thiophene rings is 1. The number of primary amides is 1. The van der Waals surface area contributed by atoms with Crippen molar-refractivity contribution >= 4 is 40.6 Å². The zero-order valence-electron chi connectivity index (χ0n) is 17.8. The van der Waals surface area contributed by atoms with Gasteiger partial charge in [-0.05, 0) is 67.0 Å². The maximum Gasteiger partial charge on any atom is 0.258 e. The first-order valence-corrected chi connectivity index (χ1v) is 12.9. The van der Waals surface area contributed by atoms with Crippen LogP contribution in [0.15, 0.2) is 48.8 Å². The zero-order valence-corrected chi connectivity index (χ0v) is 19.4. The van der Waals surface area contributed by atoms with Gasteiger partial charge in [-0.1, -0.05) is 12.1 Å². The lowest BCUT2D eigenvalue weighted by Gasteiger charge is -2.22. The Morgan fingerprint density at radius 3 is 2.84 bits per heavy atom. The Morgan fingerprint density at radius 1 is 1.19 bits per heavy atom. The Morgan fingerprint density at radius 2 is 2.03 bits per heavy atom. The van der Waals surface area contributed by atoms with E-state index in [-0.39, 0.29) is 17.9 Å². The van der Waals surface area contributed by atoms with Gasteiger partial charge in [0.15, 0.2) is 0 Å². The van der Waals surface area contributed by atoms with E-state index in [1.54, 1.807) is 11.3 Å². The topological polar surface area (TPSA) is 80.4 Å². The second-order valence-corrected chi connectivity index (χ2v) is 10.5. The fourth-order valence-corrected chi connectivity index (χ4v) is 7.06. The summed E-state index contributed by atoms with van der Waals surface area (Å²) in [5.74, 6) is 1.69. The summed E-state index contributed by atoms with van der Waals surface area (Å²) < 4.78 is 2.04. The van der Waals surface area contributed by atoms with E-state index in [9.17, 15) is 9.59 Å². The molecule has 3 aromatic rings. The molecule has 0 radical (unpaired) electrons. The molecule has 1 atom stereocenters. The molecule has 1 fully saturated rings. The third kappa shape index (κ3) is 4.22. The Labute approximate surface area is 195 Å². The van der Waals surface area contributed by atoms with Crippen LogP contribution in [-0.2, 0) is 23.5 Å². The first-order valence-electron chi connectivity index (χ1n) is 10.9. The zero-order chi connectivity index (χ0) is 22.1. The molecular weight excluding hydrogens is 440 g/mol. The summed E-state index contributed by atoms with van der Waals surface area (Å²) in [7, 11) is 0. The standard InChI is InChI=1S/C24H26N4O2S2/c25-22(29)19-7-4-11-28(19)14-16-5-3-6-17(13-16)26-23(30)21-18-8-12-31-15-20(18)32-24(21)27-9-1-2-10-27/h1-3,5-6,9-10,13,19H,4,7-8,11-12,14-15H2,(H2,25,29)(H,26,30). The predicted molar refractivity (Wildman–Crippen MR) is 131 cm³/mol. The van der Waals surface area contributed by atoms with E-state index >= 15 is 0 Å². The minimum atomic E-state index is -0.259. The van der Waals surface area contributed by atoms with Crippen molar-refractivity contribution in [2.45, 2.75) is 37.6 Å². The lowest BCUT2D eigenvalue weighted by atomic mass is 10.1. The van der Waals surface area contributed by atoms with Crippen molar-refractivity contribution in [2.75, 3.05) is 17.6 Å². The van der Waals surface area contributed by atoms with Gasteiger partial charge >= 0.3 is 0 Å². The summed E-state index contributed by atoms with van der Waals surface area (Å²) in [5.41, 5.74) is 9.37. The number of carbonyl (C=O) groups is 2. The van der Waals surface area contributed by atoms with Crippen LogP contribution in [0, 0.1) is 0 Å². The minimum Gasteiger partial charge on any atom is -0.368 e. The molecule has 8 heteroatoms. The Kier molecular flexibility index (Phi) is 6.08. The van der Waals surface area contributed by atoms with Crippen LogP contribution in [0.2, 0.25) is 0 Å². The quantitative estimate of drug-likeness (QED) is 0.575. The number of nitrogens with two attached hydrogens (primary N) is 1. The van der Waals surface area contributed by atoms with Gasteiger partial charge in [0, 0.05) is 35.3 Å². The first kappa shape index (κ1) is 21.3. The van der Waals surface area contributed by atoms with Crippen molar-refractivity contribution in [3.05, 3.63) is 70.4 Å². The molecule has 6 nitrogen and oxygen atoms in total. The molecule has 1 unspecified atom stereocenters. The second kappa shape index (κ2) is 9.13. The fraction of sp³-hybridized carbons (Fsp3) is 0.333. The third-order valence-electron chi connectivity index (χ3n) is 6.13. The van der Waals surface area contributed by atoms with E-state index in [1.165, 1.54) is 10.4 Å². The summed E-state index contributed by atoms with van der Waals surface area (Å²) in [6, 6.07) is 11.7. The van der Waals surface area contributed by atoms with Crippen molar-refractivity contribution in [3.8, 4) is 5.00 Å². The van der Waals surface area contributed by atoms with Gasteiger partial charge in [-0.3, -0.25) is 14.5 Å². The molecule has 5 rings (SSSR count). The number of likely N-dealkylation sites (tertiary alicyclic amines) is 1. The lowest BCUT2D eigenvalue weighted by molar-refractivity contribution is -0.122. The minimum absolute atomic E-state index is 0.0635. The monoisotopic (exact) mass is 466 g/mol. The molecule has 2 aliphatic heterocycles. The number of amides is 2. The Hall–Kier alpha value is -2.55. The smallest absolute Gasteiger partial charge is 0.258 e. The molecular formula is C24H26N4O2S2. The van der Waals surface area contributed by atoms with Crippen LogP contribution in [0.5, 0.6) is 0 Å². The molecule has 1 saturated heterocycles. The summed E-state index contributed by atoms with van der Waals surface area (Å²) in [5, 5.41) is 4.12. The van der Waals surface area contributed by atoms with Crippen molar-refractivity contribution in [2.24, 2.45) is 5.73 Å². The van der Waals surface area contributed by atoms with Gasteiger partial charge in [0.1, 0.15) is 5.00 Å². The first-order chi connectivity index (χ1) is 15.6. The highest BCUT2D eigenvalue weighted by atomic mass is 32.2. The van der Waals surface area contributed by atoms with Crippen molar-refractivity contribution < 1.29 is 9.59 Å². The number of hydrogen-bond donors (Lipinski definition) is 2. The molecule has 2 amide bonds. The normalized spacial score (nSPS) is 18.4. The number of benzene rings is 1. The van der Waals surface area contributed by atoms with Crippen LogP contribution in [0.25, 0.3) is 5.00 Å². The molecule has 2 aliphatic rings. The highest BCUT2D eigenvalue weighted by Crippen LogP contribution is 2.38. The van der Waals surface area contributed by atoms with Crippen LogP contribution in [0.3, 0.4) is 0 Å². The van der Waals surface area contributed by atoms with Gasteiger partial charge in [-0.15, -0.1) is 11.3 Å². The lowest BCUT2D eigenvalue weighted by Crippen LogP contribution is -2.39. The molecule has 0 bridgehead atoms. The van der Waals surface area contributed by atoms with Gasteiger partial charge in [-0.2, -0.15) is 11.8 Å². The highest BCUT2D eigenvalue weighted by molar-refractivity contribution is 7.98. The van der Waals surface area contributed by atoms with Gasteiger partial charge in [-0.25, -0.2) is 0 Å². The Balaban J connectivity index is 1.39. The molecule has 166 valence electrons. The average Bonchev–Trinajstić information content (AvgIpc) is 3.53. The number of fused-ring (bicyclic) bond motifs is 1. The van der Waals surface area contributed by atoms with Crippen LogP contribution < -0.4 is 11.1 Å². The second-order valence-electron chi connectivity index (χ2n) is 8.26. The number of nitrogens with one attached hydrogen (secondary N) is 1. The van der Waals surface area contributed by atoms with E-state index in [0.29, 0.717) is 6.54 Å². The Bertz CT molecular complexity index is 1140. The number of anilines is 1. The highest BCUT2D eigenvalue weighted by Gasteiger charge is 2.29. The number of thioether (sulfide) groups is 1. The molecule has 0 saturated carbocycles. The van der Waals surface area contributed by atoms with E-state index in [4.69, 9.17) is 5.73 Å². The van der Waals surface area contributed by atoms with E-state index in [0.717, 1.165) is 59.1 Å². The van der Waals surface area contributed by atoms with Gasteiger partial charge in [0.2, 0.25) is 5.91 Å². The molecule has 0 spiro atoms.